The van der Waals surface area contributed by atoms with Crippen molar-refractivity contribution in [1.82, 2.24) is 24.5 Å². The molecule has 0 aliphatic carbocycles. The van der Waals surface area contributed by atoms with E-state index in [2.05, 4.69) is 26.1 Å². The van der Waals surface area contributed by atoms with Crippen LogP contribution in [0, 0.1) is 0 Å². The van der Waals surface area contributed by atoms with E-state index < -0.39 is 0 Å². The molecule has 3 rings (SSSR count). The van der Waals surface area contributed by atoms with Crippen LogP contribution in [0.1, 0.15) is 36.4 Å². The lowest BCUT2D eigenvalue weighted by atomic mass is 10.1. The Morgan fingerprint density at radius 2 is 2.09 bits per heavy atom. The van der Waals surface area contributed by atoms with Crippen molar-refractivity contribution in [1.29, 1.82) is 0 Å². The zero-order valence-corrected chi connectivity index (χ0v) is 13.9. The largest absolute Gasteiger partial charge is 0.333 e. The number of halogens is 1. The Kier molecular flexibility index (Phi) is 3.86. The van der Waals surface area contributed by atoms with E-state index in [1.54, 1.807) is 11.1 Å². The van der Waals surface area contributed by atoms with Crippen LogP contribution in [0.25, 0.3) is 0 Å². The maximum Gasteiger partial charge on any atom is 0.274 e. The quantitative estimate of drug-likeness (QED) is 0.825. The number of amides is 1. The number of nitrogens with zero attached hydrogens (tertiary/aromatic N) is 5. The van der Waals surface area contributed by atoms with Crippen molar-refractivity contribution in [3.05, 3.63) is 45.0 Å². The van der Waals surface area contributed by atoms with E-state index in [9.17, 15) is 9.59 Å². The third kappa shape index (κ3) is 2.70. The molecular formula is C14H16BrN5O2. The highest BCUT2D eigenvalue weighted by molar-refractivity contribution is 9.10. The van der Waals surface area contributed by atoms with Crippen molar-refractivity contribution in [3.8, 4) is 0 Å². The second-order valence-electron chi connectivity index (χ2n) is 5.60. The number of carbonyl (C=O) groups excluding carboxylic acids is 1. The molecule has 116 valence electrons. The fraction of sp³-hybridized carbons (Fsp3) is 0.429. The number of likely N-dealkylation sites (tertiary alicyclic amines) is 1. The van der Waals surface area contributed by atoms with Gasteiger partial charge in [-0.15, -0.1) is 0 Å². The van der Waals surface area contributed by atoms with Gasteiger partial charge in [-0.1, -0.05) is 0 Å². The Morgan fingerprint density at radius 3 is 2.68 bits per heavy atom. The highest BCUT2D eigenvalue weighted by atomic mass is 79.9. The van der Waals surface area contributed by atoms with Gasteiger partial charge in [0, 0.05) is 25.4 Å². The number of hydrogen-bond acceptors (Lipinski definition) is 4. The number of aromatic nitrogens is 4. The van der Waals surface area contributed by atoms with E-state index in [-0.39, 0.29) is 23.6 Å². The lowest BCUT2D eigenvalue weighted by Gasteiger charge is -2.38. The summed E-state index contributed by atoms with van der Waals surface area (Å²) in [7, 11) is 0. The standard InChI is InChI=1S/C14H16BrN5O2/c1-9(2)20-13(21)4-3-12(17-20)14(22)18-7-11(8-18)19-6-10(15)5-16-19/h3-6,9,11H,7-8H2,1-2H3. The van der Waals surface area contributed by atoms with Crippen LogP contribution in [-0.4, -0.2) is 43.5 Å². The van der Waals surface area contributed by atoms with E-state index in [1.807, 2.05) is 24.7 Å². The minimum atomic E-state index is -0.200. The molecule has 0 saturated carbocycles. The maximum absolute atomic E-state index is 12.4. The minimum absolute atomic E-state index is 0.0780. The molecule has 8 heteroatoms. The zero-order valence-electron chi connectivity index (χ0n) is 12.3. The van der Waals surface area contributed by atoms with E-state index in [4.69, 9.17) is 0 Å². The summed E-state index contributed by atoms with van der Waals surface area (Å²) in [5.41, 5.74) is 0.0998. The summed E-state index contributed by atoms with van der Waals surface area (Å²) >= 11 is 3.36. The maximum atomic E-state index is 12.4. The van der Waals surface area contributed by atoms with Gasteiger partial charge in [0.25, 0.3) is 11.5 Å². The van der Waals surface area contributed by atoms with Gasteiger partial charge in [-0.2, -0.15) is 10.2 Å². The molecule has 3 heterocycles. The van der Waals surface area contributed by atoms with Crippen molar-refractivity contribution < 1.29 is 4.79 Å². The first-order valence-electron chi connectivity index (χ1n) is 7.04. The smallest absolute Gasteiger partial charge is 0.274 e. The van der Waals surface area contributed by atoms with Crippen LogP contribution in [0.15, 0.2) is 33.8 Å². The molecule has 1 aliphatic rings. The predicted molar refractivity (Wildman–Crippen MR) is 83.7 cm³/mol. The first-order chi connectivity index (χ1) is 10.5. The Labute approximate surface area is 135 Å². The highest BCUT2D eigenvalue weighted by Gasteiger charge is 2.33. The van der Waals surface area contributed by atoms with Gasteiger partial charge >= 0.3 is 0 Å². The summed E-state index contributed by atoms with van der Waals surface area (Å²) in [5, 5.41) is 8.38. The van der Waals surface area contributed by atoms with Crippen LogP contribution in [0.2, 0.25) is 0 Å². The summed E-state index contributed by atoms with van der Waals surface area (Å²) < 4.78 is 4.09. The summed E-state index contributed by atoms with van der Waals surface area (Å²) in [6, 6.07) is 2.99. The van der Waals surface area contributed by atoms with Crippen molar-refractivity contribution in [2.75, 3.05) is 13.1 Å². The third-order valence-electron chi connectivity index (χ3n) is 3.63. The van der Waals surface area contributed by atoms with E-state index in [0.29, 0.717) is 18.8 Å². The van der Waals surface area contributed by atoms with Crippen LogP contribution in [-0.2, 0) is 0 Å². The molecule has 0 atom stereocenters. The van der Waals surface area contributed by atoms with Crippen molar-refractivity contribution in [3.63, 3.8) is 0 Å². The van der Waals surface area contributed by atoms with Crippen LogP contribution < -0.4 is 5.56 Å². The average Bonchev–Trinajstić information content (AvgIpc) is 2.83. The Hall–Kier alpha value is -1.96. The molecule has 0 N–H and O–H groups in total. The molecule has 22 heavy (non-hydrogen) atoms. The average molecular weight is 366 g/mol. The van der Waals surface area contributed by atoms with Gasteiger partial charge < -0.3 is 4.90 Å². The lowest BCUT2D eigenvalue weighted by molar-refractivity contribution is 0.0492. The fourth-order valence-electron chi connectivity index (χ4n) is 2.37. The van der Waals surface area contributed by atoms with Crippen LogP contribution >= 0.6 is 15.9 Å². The minimum Gasteiger partial charge on any atom is -0.333 e. The lowest BCUT2D eigenvalue weighted by Crippen LogP contribution is -2.51. The highest BCUT2D eigenvalue weighted by Crippen LogP contribution is 2.23. The number of rotatable bonds is 3. The summed E-state index contributed by atoms with van der Waals surface area (Å²) in [6.45, 7) is 4.90. The molecule has 2 aromatic heterocycles. The first-order valence-corrected chi connectivity index (χ1v) is 7.84. The van der Waals surface area contributed by atoms with Crippen molar-refractivity contribution >= 4 is 21.8 Å². The molecule has 0 unspecified atom stereocenters. The van der Waals surface area contributed by atoms with Gasteiger partial charge in [-0.05, 0) is 35.8 Å². The topological polar surface area (TPSA) is 73.0 Å². The van der Waals surface area contributed by atoms with Gasteiger partial charge in [0.2, 0.25) is 0 Å². The van der Waals surface area contributed by atoms with Gasteiger partial charge in [0.15, 0.2) is 0 Å². The van der Waals surface area contributed by atoms with Gasteiger partial charge in [0.05, 0.1) is 22.8 Å². The van der Waals surface area contributed by atoms with Crippen LogP contribution in [0.4, 0.5) is 0 Å². The summed E-state index contributed by atoms with van der Waals surface area (Å²) in [6.07, 6.45) is 3.62. The first kappa shape index (κ1) is 15.0. The second-order valence-corrected chi connectivity index (χ2v) is 6.51. The molecule has 1 aliphatic heterocycles. The molecular weight excluding hydrogens is 350 g/mol. The molecule has 0 radical (unpaired) electrons. The Morgan fingerprint density at radius 1 is 1.36 bits per heavy atom. The Balaban J connectivity index is 1.71. The molecule has 7 nitrogen and oxygen atoms in total. The fourth-order valence-corrected chi connectivity index (χ4v) is 2.68. The van der Waals surface area contributed by atoms with E-state index in [1.165, 1.54) is 16.8 Å². The number of carbonyl (C=O) groups is 1. The molecule has 0 spiro atoms. The molecule has 0 bridgehead atoms. The molecule has 2 aromatic rings. The normalized spacial score (nSPS) is 15.2. The molecule has 0 aromatic carbocycles. The Bertz CT molecular complexity index is 761. The zero-order chi connectivity index (χ0) is 15.9. The summed E-state index contributed by atoms with van der Waals surface area (Å²) in [5.74, 6) is -0.156. The van der Waals surface area contributed by atoms with Gasteiger partial charge in [-0.3, -0.25) is 14.3 Å². The second kappa shape index (κ2) is 5.68. The molecule has 1 saturated heterocycles. The number of hydrogen-bond donors (Lipinski definition) is 0. The third-order valence-corrected chi connectivity index (χ3v) is 4.04. The van der Waals surface area contributed by atoms with Crippen LogP contribution in [0.5, 0.6) is 0 Å². The van der Waals surface area contributed by atoms with Crippen molar-refractivity contribution in [2.45, 2.75) is 25.9 Å². The van der Waals surface area contributed by atoms with E-state index in [0.717, 1.165) is 4.47 Å². The predicted octanol–water partition coefficient (Wildman–Crippen LogP) is 1.48. The summed E-state index contributed by atoms with van der Waals surface area (Å²) in [4.78, 5) is 25.8. The van der Waals surface area contributed by atoms with Gasteiger partial charge in [0.1, 0.15) is 5.69 Å². The van der Waals surface area contributed by atoms with Crippen molar-refractivity contribution in [2.24, 2.45) is 0 Å². The van der Waals surface area contributed by atoms with Crippen LogP contribution in [0.3, 0.4) is 0 Å². The molecule has 1 amide bonds. The van der Waals surface area contributed by atoms with Gasteiger partial charge in [-0.25, -0.2) is 4.68 Å². The van der Waals surface area contributed by atoms with E-state index >= 15 is 0 Å². The SMILES string of the molecule is CC(C)n1nc(C(=O)N2CC(n3cc(Br)cn3)C2)ccc1=O. The monoisotopic (exact) mass is 365 g/mol. The molecule has 1 fully saturated rings.